The van der Waals surface area contributed by atoms with Crippen molar-refractivity contribution >= 4 is 5.91 Å². The van der Waals surface area contributed by atoms with Crippen LogP contribution < -0.4 is 5.32 Å². The van der Waals surface area contributed by atoms with Crippen molar-refractivity contribution in [3.8, 4) is 16.9 Å². The Bertz CT molecular complexity index is 1040. The van der Waals surface area contributed by atoms with E-state index in [4.69, 9.17) is 4.42 Å². The van der Waals surface area contributed by atoms with Crippen LogP contribution in [0.5, 0.6) is 0 Å². The Morgan fingerprint density at radius 2 is 1.81 bits per heavy atom. The Morgan fingerprint density at radius 3 is 2.52 bits per heavy atom. The van der Waals surface area contributed by atoms with Gasteiger partial charge in [0.15, 0.2) is 0 Å². The van der Waals surface area contributed by atoms with E-state index in [0.29, 0.717) is 22.8 Å². The van der Waals surface area contributed by atoms with Gasteiger partial charge in [0.25, 0.3) is 5.91 Å². The van der Waals surface area contributed by atoms with Gasteiger partial charge in [0.05, 0.1) is 24.2 Å². The maximum atomic E-state index is 13.3. The molecule has 0 fully saturated rings. The number of rotatable bonds is 5. The summed E-state index contributed by atoms with van der Waals surface area (Å²) in [4.78, 5) is 12.8. The second kappa shape index (κ2) is 7.29. The average Bonchev–Trinajstić information content (AvgIpc) is 3.37. The fraction of sp³-hybridized carbons (Fsp3) is 0.0476. The van der Waals surface area contributed by atoms with Crippen LogP contribution in [-0.4, -0.2) is 15.7 Å². The zero-order valence-electron chi connectivity index (χ0n) is 14.3. The van der Waals surface area contributed by atoms with E-state index in [1.54, 1.807) is 36.6 Å². The number of amides is 1. The number of aromatic nitrogens is 2. The summed E-state index contributed by atoms with van der Waals surface area (Å²) < 4.78 is 20.0. The molecule has 0 bridgehead atoms. The first kappa shape index (κ1) is 16.8. The molecular weight excluding hydrogens is 345 g/mol. The van der Waals surface area contributed by atoms with E-state index in [2.05, 4.69) is 10.4 Å². The Kier molecular flexibility index (Phi) is 4.53. The smallest absolute Gasteiger partial charge is 0.270 e. The van der Waals surface area contributed by atoms with Gasteiger partial charge in [-0.15, -0.1) is 0 Å². The van der Waals surface area contributed by atoms with Gasteiger partial charge in [0, 0.05) is 5.56 Å². The van der Waals surface area contributed by atoms with E-state index in [0.717, 1.165) is 5.56 Å². The molecule has 4 rings (SSSR count). The molecule has 0 unspecified atom stereocenters. The number of furan rings is 1. The first-order valence-corrected chi connectivity index (χ1v) is 8.43. The highest BCUT2D eigenvalue weighted by atomic mass is 19.1. The Balaban J connectivity index is 1.70. The van der Waals surface area contributed by atoms with Gasteiger partial charge in [-0.05, 0) is 42.5 Å². The zero-order chi connectivity index (χ0) is 18.6. The summed E-state index contributed by atoms with van der Waals surface area (Å²) in [6.45, 7) is 0.265. The minimum Gasteiger partial charge on any atom is -0.467 e. The number of hydrogen-bond acceptors (Lipinski definition) is 3. The second-order valence-corrected chi connectivity index (χ2v) is 5.93. The lowest BCUT2D eigenvalue weighted by molar-refractivity contribution is 0.0940. The predicted octanol–water partition coefficient (Wildman–Crippen LogP) is 4.20. The number of benzene rings is 2. The Morgan fingerprint density at radius 1 is 1.04 bits per heavy atom. The zero-order valence-corrected chi connectivity index (χ0v) is 14.3. The van der Waals surface area contributed by atoms with Crippen LogP contribution in [0.15, 0.2) is 83.5 Å². The first-order valence-electron chi connectivity index (χ1n) is 8.43. The third kappa shape index (κ3) is 3.64. The standard InChI is InChI=1S/C21H16FN3O2/c22-16-8-10-17(11-9-16)25-20(21(26)23-14-18-7-4-12-27-18)13-19(24-25)15-5-2-1-3-6-15/h1-13H,14H2,(H,23,26). The highest BCUT2D eigenvalue weighted by Gasteiger charge is 2.18. The van der Waals surface area contributed by atoms with Gasteiger partial charge in [0.2, 0.25) is 0 Å². The number of halogens is 1. The Hall–Kier alpha value is -3.67. The number of carbonyl (C=O) groups is 1. The Labute approximate surface area is 155 Å². The van der Waals surface area contributed by atoms with Gasteiger partial charge in [-0.25, -0.2) is 9.07 Å². The topological polar surface area (TPSA) is 60.1 Å². The minimum absolute atomic E-state index is 0.265. The molecule has 1 amide bonds. The van der Waals surface area contributed by atoms with Crippen LogP contribution >= 0.6 is 0 Å². The largest absolute Gasteiger partial charge is 0.467 e. The summed E-state index contributed by atoms with van der Waals surface area (Å²) in [6, 6.07) is 20.7. The summed E-state index contributed by atoms with van der Waals surface area (Å²) in [5.74, 6) is 0.00268. The highest BCUT2D eigenvalue weighted by Crippen LogP contribution is 2.22. The van der Waals surface area contributed by atoms with Crippen molar-refractivity contribution in [3.63, 3.8) is 0 Å². The molecule has 0 spiro atoms. The van der Waals surface area contributed by atoms with Gasteiger partial charge < -0.3 is 9.73 Å². The molecule has 2 aromatic carbocycles. The van der Waals surface area contributed by atoms with E-state index in [-0.39, 0.29) is 18.3 Å². The van der Waals surface area contributed by atoms with Crippen molar-refractivity contribution in [2.75, 3.05) is 0 Å². The molecule has 0 aliphatic heterocycles. The fourth-order valence-corrected chi connectivity index (χ4v) is 2.74. The monoisotopic (exact) mass is 361 g/mol. The fourth-order valence-electron chi connectivity index (χ4n) is 2.74. The van der Waals surface area contributed by atoms with Gasteiger partial charge in [0.1, 0.15) is 17.3 Å². The van der Waals surface area contributed by atoms with Crippen molar-refractivity contribution in [1.82, 2.24) is 15.1 Å². The third-order valence-electron chi connectivity index (χ3n) is 4.09. The quantitative estimate of drug-likeness (QED) is 0.579. The van der Waals surface area contributed by atoms with E-state index in [9.17, 15) is 9.18 Å². The van der Waals surface area contributed by atoms with Crippen molar-refractivity contribution in [2.45, 2.75) is 6.54 Å². The lowest BCUT2D eigenvalue weighted by Gasteiger charge is -2.07. The molecular formula is C21H16FN3O2. The molecule has 0 atom stereocenters. The van der Waals surface area contributed by atoms with Gasteiger partial charge >= 0.3 is 0 Å². The SMILES string of the molecule is O=C(NCc1ccco1)c1cc(-c2ccccc2)nn1-c1ccc(F)cc1. The highest BCUT2D eigenvalue weighted by molar-refractivity contribution is 5.94. The van der Waals surface area contributed by atoms with Crippen LogP contribution in [0.1, 0.15) is 16.2 Å². The summed E-state index contributed by atoms with van der Waals surface area (Å²) in [5, 5.41) is 7.38. The molecule has 0 aliphatic rings. The molecule has 2 heterocycles. The molecule has 4 aromatic rings. The molecule has 1 N–H and O–H groups in total. The summed E-state index contributed by atoms with van der Waals surface area (Å²) >= 11 is 0. The second-order valence-electron chi connectivity index (χ2n) is 5.93. The van der Waals surface area contributed by atoms with Crippen molar-refractivity contribution in [2.24, 2.45) is 0 Å². The van der Waals surface area contributed by atoms with Crippen molar-refractivity contribution in [1.29, 1.82) is 0 Å². The van der Waals surface area contributed by atoms with Gasteiger partial charge in [-0.2, -0.15) is 5.10 Å². The van der Waals surface area contributed by atoms with Crippen molar-refractivity contribution < 1.29 is 13.6 Å². The van der Waals surface area contributed by atoms with Crippen molar-refractivity contribution in [3.05, 3.63) is 96.3 Å². The third-order valence-corrected chi connectivity index (χ3v) is 4.09. The minimum atomic E-state index is -0.349. The number of nitrogens with zero attached hydrogens (tertiary/aromatic N) is 2. The van der Waals surface area contributed by atoms with Crippen LogP contribution in [0.25, 0.3) is 16.9 Å². The lowest BCUT2D eigenvalue weighted by Crippen LogP contribution is -2.25. The molecule has 0 saturated carbocycles. The molecule has 0 radical (unpaired) electrons. The number of nitrogens with one attached hydrogen (secondary N) is 1. The maximum absolute atomic E-state index is 13.3. The van der Waals surface area contributed by atoms with E-state index < -0.39 is 0 Å². The summed E-state index contributed by atoms with van der Waals surface area (Å²) in [7, 11) is 0. The molecule has 134 valence electrons. The number of hydrogen-bond donors (Lipinski definition) is 1. The normalized spacial score (nSPS) is 10.7. The molecule has 0 saturated heterocycles. The van der Waals surface area contributed by atoms with Crippen LogP contribution in [0.2, 0.25) is 0 Å². The average molecular weight is 361 g/mol. The molecule has 5 nitrogen and oxygen atoms in total. The van der Waals surface area contributed by atoms with Crippen LogP contribution in [0, 0.1) is 5.82 Å². The van der Waals surface area contributed by atoms with E-state index >= 15 is 0 Å². The van der Waals surface area contributed by atoms with Gasteiger partial charge in [-0.1, -0.05) is 30.3 Å². The molecule has 0 aliphatic carbocycles. The summed E-state index contributed by atoms with van der Waals surface area (Å²) in [6.07, 6.45) is 1.55. The van der Waals surface area contributed by atoms with E-state index in [1.165, 1.54) is 16.8 Å². The van der Waals surface area contributed by atoms with Crippen LogP contribution in [0.3, 0.4) is 0 Å². The predicted molar refractivity (Wildman–Crippen MR) is 98.8 cm³/mol. The molecule has 6 heteroatoms. The number of carbonyl (C=O) groups excluding carboxylic acids is 1. The molecule has 2 aromatic heterocycles. The maximum Gasteiger partial charge on any atom is 0.270 e. The van der Waals surface area contributed by atoms with Crippen LogP contribution in [-0.2, 0) is 6.54 Å². The first-order chi connectivity index (χ1) is 13.2. The summed E-state index contributed by atoms with van der Waals surface area (Å²) in [5.41, 5.74) is 2.50. The molecule has 27 heavy (non-hydrogen) atoms. The lowest BCUT2D eigenvalue weighted by atomic mass is 10.1. The van der Waals surface area contributed by atoms with Gasteiger partial charge in [-0.3, -0.25) is 4.79 Å². The van der Waals surface area contributed by atoms with E-state index in [1.807, 2.05) is 30.3 Å². The van der Waals surface area contributed by atoms with Crippen LogP contribution in [0.4, 0.5) is 4.39 Å².